The lowest BCUT2D eigenvalue weighted by molar-refractivity contribution is -0.120. The van der Waals surface area contributed by atoms with Crippen LogP contribution in [0.2, 0.25) is 5.02 Å². The molecule has 0 saturated heterocycles. The number of hydrogen-bond acceptors (Lipinski definition) is 4. The highest BCUT2D eigenvalue weighted by molar-refractivity contribution is 6.31. The molecule has 2 rings (SSSR count). The number of rotatable bonds is 8. The summed E-state index contributed by atoms with van der Waals surface area (Å²) in [6.07, 6.45) is 0. The van der Waals surface area contributed by atoms with Crippen molar-refractivity contribution in [1.29, 1.82) is 0 Å². The summed E-state index contributed by atoms with van der Waals surface area (Å²) in [5.41, 5.74) is 1.90. The Kier molecular flexibility index (Phi) is 7.10. The second kappa shape index (κ2) is 9.30. The fraction of sp³-hybridized carbons (Fsp3) is 0.316. The lowest BCUT2D eigenvalue weighted by Gasteiger charge is -2.15. The van der Waals surface area contributed by atoms with Crippen molar-refractivity contribution in [3.63, 3.8) is 0 Å². The second-order valence-corrected chi connectivity index (χ2v) is 6.00. The van der Waals surface area contributed by atoms with Crippen LogP contribution < -0.4 is 20.1 Å². The van der Waals surface area contributed by atoms with Gasteiger partial charge in [-0.15, -0.1) is 0 Å². The van der Waals surface area contributed by atoms with Crippen LogP contribution in [0.25, 0.3) is 0 Å². The molecule has 0 fully saturated rings. The molecule has 0 aliphatic carbocycles. The molecule has 0 unspecified atom stereocenters. The van der Waals surface area contributed by atoms with Crippen molar-refractivity contribution in [1.82, 2.24) is 10.6 Å². The molecule has 25 heavy (non-hydrogen) atoms. The van der Waals surface area contributed by atoms with Crippen LogP contribution in [0, 0.1) is 0 Å². The molecule has 0 aromatic heterocycles. The summed E-state index contributed by atoms with van der Waals surface area (Å²) >= 11 is 6.17. The monoisotopic (exact) mass is 362 g/mol. The van der Waals surface area contributed by atoms with E-state index in [-0.39, 0.29) is 18.5 Å². The maximum atomic E-state index is 12.1. The number of methoxy groups -OCH3 is 2. The Balaban J connectivity index is 1.84. The van der Waals surface area contributed by atoms with Gasteiger partial charge >= 0.3 is 0 Å². The first-order valence-electron chi connectivity index (χ1n) is 8.00. The third kappa shape index (κ3) is 5.37. The Labute approximate surface area is 153 Å². The Morgan fingerprint density at radius 2 is 1.84 bits per heavy atom. The van der Waals surface area contributed by atoms with Crippen molar-refractivity contribution < 1.29 is 14.3 Å². The van der Waals surface area contributed by atoms with Gasteiger partial charge < -0.3 is 20.1 Å². The van der Waals surface area contributed by atoms with Gasteiger partial charge in [0.1, 0.15) is 0 Å². The van der Waals surface area contributed by atoms with Gasteiger partial charge in [0, 0.05) is 17.6 Å². The van der Waals surface area contributed by atoms with E-state index in [2.05, 4.69) is 10.6 Å². The van der Waals surface area contributed by atoms with Gasteiger partial charge in [-0.05, 0) is 36.2 Å². The Morgan fingerprint density at radius 3 is 2.52 bits per heavy atom. The molecule has 5 nitrogen and oxygen atoms in total. The SMILES string of the molecule is COc1ccc(CNC(=O)CN[C@@H](C)c2ccccc2Cl)cc1OC. The van der Waals surface area contributed by atoms with Crippen molar-refractivity contribution in [2.45, 2.75) is 19.5 Å². The fourth-order valence-corrected chi connectivity index (χ4v) is 2.74. The minimum atomic E-state index is -0.0892. The van der Waals surface area contributed by atoms with Gasteiger partial charge in [-0.2, -0.15) is 0 Å². The molecule has 2 aromatic carbocycles. The lowest BCUT2D eigenvalue weighted by Crippen LogP contribution is -2.34. The number of amides is 1. The Bertz CT molecular complexity index is 722. The first-order valence-corrected chi connectivity index (χ1v) is 8.38. The molecular formula is C19H23ClN2O3. The van der Waals surface area contributed by atoms with E-state index in [0.29, 0.717) is 23.1 Å². The number of ether oxygens (including phenoxy) is 2. The van der Waals surface area contributed by atoms with Crippen LogP contribution in [0.15, 0.2) is 42.5 Å². The van der Waals surface area contributed by atoms with Crippen molar-refractivity contribution in [2.24, 2.45) is 0 Å². The molecule has 134 valence electrons. The number of benzene rings is 2. The second-order valence-electron chi connectivity index (χ2n) is 5.59. The normalized spacial score (nSPS) is 11.7. The Hall–Kier alpha value is -2.24. The van der Waals surface area contributed by atoms with Gasteiger partial charge in [0.05, 0.1) is 20.8 Å². The molecule has 1 atom stereocenters. The van der Waals surface area contributed by atoms with Crippen LogP contribution in [0.4, 0.5) is 0 Å². The zero-order chi connectivity index (χ0) is 18.2. The van der Waals surface area contributed by atoms with Gasteiger partial charge in [0.25, 0.3) is 0 Å². The van der Waals surface area contributed by atoms with Crippen LogP contribution >= 0.6 is 11.6 Å². The predicted octanol–water partition coefficient (Wildman–Crippen LogP) is 3.32. The standard InChI is InChI=1S/C19H23ClN2O3/c1-13(15-6-4-5-7-16(15)20)21-12-19(23)22-11-14-8-9-17(24-2)18(10-14)25-3/h4-10,13,21H,11-12H2,1-3H3,(H,22,23)/t13-/m0/s1. The van der Waals surface area contributed by atoms with Gasteiger partial charge in [-0.3, -0.25) is 4.79 Å². The molecule has 0 radical (unpaired) electrons. The highest BCUT2D eigenvalue weighted by atomic mass is 35.5. The van der Waals surface area contributed by atoms with E-state index in [1.54, 1.807) is 14.2 Å². The topological polar surface area (TPSA) is 59.6 Å². The van der Waals surface area contributed by atoms with E-state index in [1.165, 1.54) is 0 Å². The maximum absolute atomic E-state index is 12.1. The van der Waals surface area contributed by atoms with Gasteiger partial charge in [-0.1, -0.05) is 35.9 Å². The van der Waals surface area contributed by atoms with Crippen LogP contribution in [0.3, 0.4) is 0 Å². The minimum absolute atomic E-state index is 0.0134. The van der Waals surface area contributed by atoms with Crippen LogP contribution in [-0.2, 0) is 11.3 Å². The number of hydrogen-bond donors (Lipinski definition) is 2. The van der Waals surface area contributed by atoms with Gasteiger partial charge in [-0.25, -0.2) is 0 Å². The minimum Gasteiger partial charge on any atom is -0.493 e. The molecule has 0 aliphatic rings. The summed E-state index contributed by atoms with van der Waals surface area (Å²) in [6.45, 7) is 2.60. The highest BCUT2D eigenvalue weighted by Gasteiger charge is 2.11. The molecule has 0 heterocycles. The predicted molar refractivity (Wildman–Crippen MR) is 99.3 cm³/mol. The van der Waals surface area contributed by atoms with Crippen molar-refractivity contribution in [2.75, 3.05) is 20.8 Å². The van der Waals surface area contributed by atoms with E-state index in [1.807, 2.05) is 49.4 Å². The van der Waals surface area contributed by atoms with Crippen molar-refractivity contribution in [3.05, 3.63) is 58.6 Å². The molecule has 2 N–H and O–H groups in total. The lowest BCUT2D eigenvalue weighted by atomic mass is 10.1. The first kappa shape index (κ1) is 19.1. The van der Waals surface area contributed by atoms with E-state index in [4.69, 9.17) is 21.1 Å². The van der Waals surface area contributed by atoms with Gasteiger partial charge in [0.15, 0.2) is 11.5 Å². The molecule has 6 heteroatoms. The summed E-state index contributed by atoms with van der Waals surface area (Å²) < 4.78 is 10.5. The molecule has 1 amide bonds. The van der Waals surface area contributed by atoms with Crippen molar-refractivity contribution >= 4 is 17.5 Å². The van der Waals surface area contributed by atoms with Crippen LogP contribution in [0.5, 0.6) is 11.5 Å². The summed E-state index contributed by atoms with van der Waals surface area (Å²) in [6, 6.07) is 13.1. The van der Waals surface area contributed by atoms with E-state index >= 15 is 0 Å². The van der Waals surface area contributed by atoms with Crippen molar-refractivity contribution in [3.8, 4) is 11.5 Å². The molecule has 0 spiro atoms. The smallest absolute Gasteiger partial charge is 0.234 e. The summed E-state index contributed by atoms with van der Waals surface area (Å²) in [5, 5.41) is 6.74. The number of carbonyl (C=O) groups excluding carboxylic acids is 1. The number of halogens is 1. The Morgan fingerprint density at radius 1 is 1.12 bits per heavy atom. The number of nitrogens with one attached hydrogen (secondary N) is 2. The average molecular weight is 363 g/mol. The molecule has 2 aromatic rings. The van der Waals surface area contributed by atoms with Gasteiger partial charge in [0.2, 0.25) is 5.91 Å². The largest absolute Gasteiger partial charge is 0.493 e. The average Bonchev–Trinajstić information content (AvgIpc) is 2.64. The summed E-state index contributed by atoms with van der Waals surface area (Å²) in [4.78, 5) is 12.1. The van der Waals surface area contributed by atoms with Crippen LogP contribution in [0.1, 0.15) is 24.1 Å². The quantitative estimate of drug-likeness (QED) is 0.756. The van der Waals surface area contributed by atoms with E-state index in [9.17, 15) is 4.79 Å². The third-order valence-electron chi connectivity index (χ3n) is 3.88. The van der Waals surface area contributed by atoms with Crippen LogP contribution in [-0.4, -0.2) is 26.7 Å². The summed E-state index contributed by atoms with van der Waals surface area (Å²) in [5.74, 6) is 1.21. The zero-order valence-electron chi connectivity index (χ0n) is 14.6. The van der Waals surface area contributed by atoms with E-state index in [0.717, 1.165) is 11.1 Å². The summed E-state index contributed by atoms with van der Waals surface area (Å²) in [7, 11) is 3.17. The fourth-order valence-electron chi connectivity index (χ4n) is 2.44. The van der Waals surface area contributed by atoms with E-state index < -0.39 is 0 Å². The molecular weight excluding hydrogens is 340 g/mol. The highest BCUT2D eigenvalue weighted by Crippen LogP contribution is 2.27. The molecule has 0 aliphatic heterocycles. The molecule has 0 saturated carbocycles. The maximum Gasteiger partial charge on any atom is 0.234 e. The first-order chi connectivity index (χ1) is 12.0. The molecule has 0 bridgehead atoms. The number of carbonyl (C=O) groups is 1. The zero-order valence-corrected chi connectivity index (χ0v) is 15.4. The third-order valence-corrected chi connectivity index (χ3v) is 4.22.